The topological polar surface area (TPSA) is 0 Å². The van der Waals surface area contributed by atoms with Gasteiger partial charge >= 0.3 is 0 Å². The molecule has 0 heterocycles. The first-order chi connectivity index (χ1) is 12.8. The fourth-order valence-electron chi connectivity index (χ4n) is 2.91. The van der Waals surface area contributed by atoms with Gasteiger partial charge in [-0.3, -0.25) is 0 Å². The Bertz CT molecular complexity index is 985. The Morgan fingerprint density at radius 3 is 1.78 bits per heavy atom. The van der Waals surface area contributed by atoms with Crippen LogP contribution < -0.4 is 0 Å². The van der Waals surface area contributed by atoms with E-state index in [1.165, 1.54) is 50.2 Å². The third-order valence-electron chi connectivity index (χ3n) is 4.60. The highest BCUT2D eigenvalue weighted by Gasteiger charge is 2.13. The minimum Gasteiger partial charge on any atom is -0.207 e. The lowest BCUT2D eigenvalue weighted by Gasteiger charge is -2.10. The number of hydrogen-bond donors (Lipinski definition) is 0. The summed E-state index contributed by atoms with van der Waals surface area (Å²) in [5.41, 5.74) is 1.30. The van der Waals surface area contributed by atoms with Gasteiger partial charge in [-0.25, -0.2) is 22.0 Å². The lowest BCUT2D eigenvalue weighted by atomic mass is 9.98. The number of benzene rings is 3. The molecule has 0 spiro atoms. The van der Waals surface area contributed by atoms with Crippen molar-refractivity contribution in [1.82, 2.24) is 0 Å². The minimum absolute atomic E-state index is 0.0216. The molecule has 0 aliphatic carbocycles. The molecule has 0 saturated heterocycles. The molecule has 0 radical (unpaired) electrons. The van der Waals surface area contributed by atoms with Crippen LogP contribution in [-0.4, -0.2) is 0 Å². The van der Waals surface area contributed by atoms with E-state index < -0.39 is 29.1 Å². The van der Waals surface area contributed by atoms with E-state index in [1.807, 2.05) is 0 Å². The second kappa shape index (κ2) is 7.51. The molecule has 0 N–H and O–H groups in total. The molecule has 0 bridgehead atoms. The third kappa shape index (κ3) is 4.02. The van der Waals surface area contributed by atoms with Gasteiger partial charge in [-0.1, -0.05) is 24.3 Å². The Balaban J connectivity index is 1.83. The van der Waals surface area contributed by atoms with Crippen LogP contribution in [0.2, 0.25) is 0 Å². The standard InChI is InChI=1S/C22H17F5/c1-12-3-5-17(22(27)21(12)26)7-14-4-6-16(20(25)9-14)8-15-10-18(23)13(2)19(24)11-15/h3-6,9-11H,7-8H2,1-2H3. The zero-order valence-corrected chi connectivity index (χ0v) is 14.8. The molecule has 0 amide bonds. The van der Waals surface area contributed by atoms with Crippen molar-refractivity contribution >= 4 is 0 Å². The Hall–Kier alpha value is -2.69. The third-order valence-corrected chi connectivity index (χ3v) is 4.60. The van der Waals surface area contributed by atoms with Crippen LogP contribution in [-0.2, 0) is 12.8 Å². The van der Waals surface area contributed by atoms with Gasteiger partial charge in [0.15, 0.2) is 11.6 Å². The first kappa shape index (κ1) is 19.1. The van der Waals surface area contributed by atoms with E-state index in [0.29, 0.717) is 11.1 Å². The lowest BCUT2D eigenvalue weighted by Crippen LogP contribution is -2.01. The predicted octanol–water partition coefficient (Wildman–Crippen LogP) is 6.18. The fraction of sp³-hybridized carbons (Fsp3) is 0.182. The van der Waals surface area contributed by atoms with E-state index in [2.05, 4.69) is 0 Å². The summed E-state index contributed by atoms with van der Waals surface area (Å²) in [5.74, 6) is -3.78. The minimum atomic E-state index is -0.940. The van der Waals surface area contributed by atoms with Crippen molar-refractivity contribution in [2.45, 2.75) is 26.7 Å². The molecule has 0 nitrogen and oxygen atoms in total. The summed E-state index contributed by atoms with van der Waals surface area (Å²) in [7, 11) is 0. The van der Waals surface area contributed by atoms with Gasteiger partial charge in [0, 0.05) is 18.4 Å². The van der Waals surface area contributed by atoms with Gasteiger partial charge in [-0.2, -0.15) is 0 Å². The molecule has 27 heavy (non-hydrogen) atoms. The second-order valence-corrected chi connectivity index (χ2v) is 6.63. The number of rotatable bonds is 4. The molecule has 3 aromatic rings. The Kier molecular flexibility index (Phi) is 5.31. The van der Waals surface area contributed by atoms with Crippen molar-refractivity contribution in [3.05, 3.63) is 105 Å². The first-order valence-corrected chi connectivity index (χ1v) is 8.41. The molecule has 0 fully saturated rings. The van der Waals surface area contributed by atoms with Gasteiger partial charge in [0.05, 0.1) is 0 Å². The van der Waals surface area contributed by atoms with Crippen LogP contribution in [0.3, 0.4) is 0 Å². The highest BCUT2D eigenvalue weighted by atomic mass is 19.2. The van der Waals surface area contributed by atoms with Crippen molar-refractivity contribution in [3.8, 4) is 0 Å². The van der Waals surface area contributed by atoms with Crippen molar-refractivity contribution < 1.29 is 22.0 Å². The summed E-state index contributed by atoms with van der Waals surface area (Å²) < 4.78 is 69.4. The van der Waals surface area contributed by atoms with Gasteiger partial charge in [-0.05, 0) is 59.9 Å². The van der Waals surface area contributed by atoms with Gasteiger partial charge in [-0.15, -0.1) is 0 Å². The lowest BCUT2D eigenvalue weighted by molar-refractivity contribution is 0.495. The van der Waals surface area contributed by atoms with Gasteiger partial charge in [0.1, 0.15) is 17.5 Å². The van der Waals surface area contributed by atoms with E-state index in [4.69, 9.17) is 0 Å². The van der Waals surface area contributed by atoms with Crippen LogP contribution >= 0.6 is 0 Å². The predicted molar refractivity (Wildman–Crippen MR) is 94.2 cm³/mol. The molecule has 3 rings (SSSR count). The Morgan fingerprint density at radius 1 is 0.593 bits per heavy atom. The molecule has 5 heteroatoms. The van der Waals surface area contributed by atoms with Crippen LogP contribution in [0.25, 0.3) is 0 Å². The molecule has 0 aromatic heterocycles. The van der Waals surface area contributed by atoms with Gasteiger partial charge < -0.3 is 0 Å². The Morgan fingerprint density at radius 2 is 1.15 bits per heavy atom. The van der Waals surface area contributed by atoms with Crippen LogP contribution in [0.5, 0.6) is 0 Å². The quantitative estimate of drug-likeness (QED) is 0.477. The van der Waals surface area contributed by atoms with Crippen LogP contribution in [0.4, 0.5) is 22.0 Å². The smallest absolute Gasteiger partial charge is 0.162 e. The molecule has 0 saturated carbocycles. The largest absolute Gasteiger partial charge is 0.207 e. The number of hydrogen-bond acceptors (Lipinski definition) is 0. The maximum absolute atomic E-state index is 14.4. The van der Waals surface area contributed by atoms with E-state index in [0.717, 1.165) is 0 Å². The van der Waals surface area contributed by atoms with Crippen molar-refractivity contribution in [3.63, 3.8) is 0 Å². The molecule has 0 aliphatic rings. The molecular formula is C22H17F5. The zero-order valence-electron chi connectivity index (χ0n) is 14.8. The van der Waals surface area contributed by atoms with E-state index in [1.54, 1.807) is 6.07 Å². The van der Waals surface area contributed by atoms with Crippen LogP contribution in [0.1, 0.15) is 33.4 Å². The molecule has 3 aromatic carbocycles. The summed E-state index contributed by atoms with van der Waals surface area (Å²) >= 11 is 0. The SMILES string of the molecule is Cc1ccc(Cc2ccc(Cc3cc(F)c(C)c(F)c3)c(F)c2)c(F)c1F. The second-order valence-electron chi connectivity index (χ2n) is 6.63. The molecule has 0 unspecified atom stereocenters. The average molecular weight is 376 g/mol. The van der Waals surface area contributed by atoms with Gasteiger partial charge in [0.2, 0.25) is 0 Å². The van der Waals surface area contributed by atoms with Crippen molar-refractivity contribution in [1.29, 1.82) is 0 Å². The number of halogens is 5. The van der Waals surface area contributed by atoms with E-state index >= 15 is 0 Å². The molecular weight excluding hydrogens is 359 g/mol. The normalized spacial score (nSPS) is 11.1. The zero-order chi connectivity index (χ0) is 19.7. The monoisotopic (exact) mass is 376 g/mol. The highest BCUT2D eigenvalue weighted by molar-refractivity contribution is 5.35. The van der Waals surface area contributed by atoms with Gasteiger partial charge in [0.25, 0.3) is 0 Å². The van der Waals surface area contributed by atoms with Crippen molar-refractivity contribution in [2.75, 3.05) is 0 Å². The summed E-state index contributed by atoms with van der Waals surface area (Å²) in [5, 5.41) is 0. The highest BCUT2D eigenvalue weighted by Crippen LogP contribution is 2.22. The fourth-order valence-corrected chi connectivity index (χ4v) is 2.91. The molecule has 0 aliphatic heterocycles. The maximum atomic E-state index is 14.4. The van der Waals surface area contributed by atoms with E-state index in [-0.39, 0.29) is 35.1 Å². The van der Waals surface area contributed by atoms with Crippen LogP contribution in [0.15, 0.2) is 42.5 Å². The Labute approximate surface area is 154 Å². The number of aryl methyl sites for hydroxylation is 1. The van der Waals surface area contributed by atoms with Crippen LogP contribution in [0, 0.1) is 42.9 Å². The molecule has 0 atom stereocenters. The first-order valence-electron chi connectivity index (χ1n) is 8.41. The molecule has 140 valence electrons. The average Bonchev–Trinajstić information content (AvgIpc) is 2.62. The summed E-state index contributed by atoms with van der Waals surface area (Å²) in [6.45, 7) is 2.80. The van der Waals surface area contributed by atoms with Crippen molar-refractivity contribution in [2.24, 2.45) is 0 Å². The summed E-state index contributed by atoms with van der Waals surface area (Å²) in [6, 6.07) is 9.61. The van der Waals surface area contributed by atoms with E-state index in [9.17, 15) is 22.0 Å². The summed E-state index contributed by atoms with van der Waals surface area (Å²) in [6.07, 6.45) is 0.0573. The summed E-state index contributed by atoms with van der Waals surface area (Å²) in [4.78, 5) is 0. The maximum Gasteiger partial charge on any atom is 0.162 e.